The third kappa shape index (κ3) is 3.75. The van der Waals surface area contributed by atoms with Gasteiger partial charge in [0.15, 0.2) is 0 Å². The molecule has 1 unspecified atom stereocenters. The fourth-order valence-corrected chi connectivity index (χ4v) is 5.02. The lowest BCUT2D eigenvalue weighted by atomic mass is 10.1. The Morgan fingerprint density at radius 2 is 2.00 bits per heavy atom. The molecule has 0 aliphatic carbocycles. The van der Waals surface area contributed by atoms with Crippen LogP contribution in [0.2, 0.25) is 0 Å². The summed E-state index contributed by atoms with van der Waals surface area (Å²) in [5.41, 5.74) is 1.59. The molecule has 24 heavy (non-hydrogen) atoms. The van der Waals surface area contributed by atoms with Crippen LogP contribution in [0.25, 0.3) is 0 Å². The molecule has 0 N–H and O–H groups in total. The molecule has 1 aromatic rings. The zero-order valence-electron chi connectivity index (χ0n) is 14.3. The number of hydrogen-bond donors (Lipinski definition) is 0. The van der Waals surface area contributed by atoms with E-state index in [1.807, 2.05) is 19.0 Å². The van der Waals surface area contributed by atoms with Gasteiger partial charge in [-0.1, -0.05) is 0 Å². The molecule has 2 saturated heterocycles. The second-order valence-corrected chi connectivity index (χ2v) is 8.34. The summed E-state index contributed by atoms with van der Waals surface area (Å²) in [5.74, 6) is 0. The first-order chi connectivity index (χ1) is 11.5. The molecule has 134 valence electrons. The number of nitrogens with zero attached hydrogens (tertiary/aromatic N) is 5. The molecule has 0 saturated carbocycles. The minimum Gasteiger partial charge on any atom is -0.379 e. The largest absolute Gasteiger partial charge is 0.379 e. The normalized spacial score (nSPS) is 23.9. The van der Waals surface area contributed by atoms with Crippen molar-refractivity contribution in [1.82, 2.24) is 23.5 Å². The van der Waals surface area contributed by atoms with Crippen molar-refractivity contribution in [3.63, 3.8) is 0 Å². The van der Waals surface area contributed by atoms with E-state index >= 15 is 0 Å². The molecule has 2 aliphatic rings. The Hall–Kier alpha value is -1.13. The van der Waals surface area contributed by atoms with Crippen LogP contribution in [0, 0.1) is 0 Å². The fraction of sp³-hybridized carbons (Fsp3) is 0.733. The SMILES string of the molecule is CN(C)Cc1cncc(C2CCCN2S(=O)(=O)N2CCOCC2)n1. The highest BCUT2D eigenvalue weighted by molar-refractivity contribution is 7.86. The lowest BCUT2D eigenvalue weighted by Gasteiger charge is -2.32. The molecule has 2 aliphatic heterocycles. The van der Waals surface area contributed by atoms with Gasteiger partial charge in [0.2, 0.25) is 0 Å². The van der Waals surface area contributed by atoms with E-state index in [1.165, 1.54) is 4.31 Å². The summed E-state index contributed by atoms with van der Waals surface area (Å²) in [6, 6.07) is -0.229. The van der Waals surface area contributed by atoms with Gasteiger partial charge in [0.1, 0.15) is 0 Å². The van der Waals surface area contributed by atoms with Crippen molar-refractivity contribution in [2.45, 2.75) is 25.4 Å². The van der Waals surface area contributed by atoms with Gasteiger partial charge in [0.05, 0.1) is 36.8 Å². The molecule has 0 bridgehead atoms. The predicted molar refractivity (Wildman–Crippen MR) is 89.4 cm³/mol. The molecule has 8 nitrogen and oxygen atoms in total. The van der Waals surface area contributed by atoms with E-state index in [-0.39, 0.29) is 6.04 Å². The number of aromatic nitrogens is 2. The highest BCUT2D eigenvalue weighted by atomic mass is 32.2. The topological polar surface area (TPSA) is 78.9 Å². The summed E-state index contributed by atoms with van der Waals surface area (Å²) in [6.45, 7) is 2.95. The highest BCUT2D eigenvalue weighted by Gasteiger charge is 2.40. The molecule has 1 atom stereocenters. The molecular weight excluding hydrogens is 330 g/mol. The number of morpholine rings is 1. The lowest BCUT2D eigenvalue weighted by molar-refractivity contribution is 0.0698. The van der Waals surface area contributed by atoms with Crippen LogP contribution in [-0.2, 0) is 21.5 Å². The number of rotatable bonds is 5. The average Bonchev–Trinajstić information content (AvgIpc) is 3.06. The summed E-state index contributed by atoms with van der Waals surface area (Å²) in [7, 11) is 0.456. The minimum atomic E-state index is -3.49. The molecule has 0 radical (unpaired) electrons. The van der Waals surface area contributed by atoms with Crippen molar-refractivity contribution in [3.8, 4) is 0 Å². The molecule has 0 spiro atoms. The van der Waals surface area contributed by atoms with Gasteiger partial charge in [0.25, 0.3) is 10.2 Å². The van der Waals surface area contributed by atoms with Gasteiger partial charge < -0.3 is 9.64 Å². The molecule has 2 fully saturated rings. The third-order valence-corrected chi connectivity index (χ3v) is 6.37. The Bertz CT molecular complexity index is 661. The van der Waals surface area contributed by atoms with Crippen LogP contribution in [0.5, 0.6) is 0 Å². The standard InChI is InChI=1S/C15H25N5O3S/c1-18(2)12-13-10-16-11-14(17-13)15-4-3-5-20(15)24(21,22)19-6-8-23-9-7-19/h10-11,15H,3-9,12H2,1-2H3. The van der Waals surface area contributed by atoms with E-state index in [4.69, 9.17) is 4.74 Å². The Labute approximate surface area is 143 Å². The zero-order valence-corrected chi connectivity index (χ0v) is 15.1. The Kier molecular flexibility index (Phi) is 5.46. The van der Waals surface area contributed by atoms with E-state index in [0.29, 0.717) is 39.4 Å². The van der Waals surface area contributed by atoms with Crippen molar-refractivity contribution >= 4 is 10.2 Å². The highest BCUT2D eigenvalue weighted by Crippen LogP contribution is 2.34. The minimum absolute atomic E-state index is 0.229. The van der Waals surface area contributed by atoms with Crippen molar-refractivity contribution in [3.05, 3.63) is 23.8 Å². The summed E-state index contributed by atoms with van der Waals surface area (Å²) in [5, 5.41) is 0. The molecule has 3 rings (SSSR count). The van der Waals surface area contributed by atoms with Gasteiger partial charge in [-0.05, 0) is 26.9 Å². The second kappa shape index (κ2) is 7.40. The van der Waals surface area contributed by atoms with Crippen LogP contribution in [0.15, 0.2) is 12.4 Å². The van der Waals surface area contributed by atoms with Gasteiger partial charge in [-0.2, -0.15) is 17.0 Å². The van der Waals surface area contributed by atoms with E-state index in [0.717, 1.165) is 24.2 Å². The first kappa shape index (κ1) is 17.7. The van der Waals surface area contributed by atoms with Crippen molar-refractivity contribution in [2.75, 3.05) is 46.9 Å². The van der Waals surface area contributed by atoms with Crippen molar-refractivity contribution in [2.24, 2.45) is 0 Å². The van der Waals surface area contributed by atoms with Crippen LogP contribution >= 0.6 is 0 Å². The second-order valence-electron chi connectivity index (χ2n) is 6.46. The van der Waals surface area contributed by atoms with E-state index < -0.39 is 10.2 Å². The van der Waals surface area contributed by atoms with Crippen LogP contribution in [-0.4, -0.2) is 78.8 Å². The molecule has 1 aromatic heterocycles. The fourth-order valence-electron chi connectivity index (χ4n) is 3.22. The monoisotopic (exact) mass is 355 g/mol. The van der Waals surface area contributed by atoms with E-state index in [2.05, 4.69) is 9.97 Å². The molecule has 0 amide bonds. The van der Waals surface area contributed by atoms with Crippen molar-refractivity contribution < 1.29 is 13.2 Å². The first-order valence-electron chi connectivity index (χ1n) is 8.28. The van der Waals surface area contributed by atoms with Crippen LogP contribution in [0.4, 0.5) is 0 Å². The smallest absolute Gasteiger partial charge is 0.282 e. The Balaban J connectivity index is 1.82. The number of ether oxygens (including phenoxy) is 1. The summed E-state index contributed by atoms with van der Waals surface area (Å²) in [6.07, 6.45) is 5.05. The molecule has 9 heteroatoms. The summed E-state index contributed by atoms with van der Waals surface area (Å²) >= 11 is 0. The van der Waals surface area contributed by atoms with Gasteiger partial charge in [0, 0.05) is 32.4 Å². The summed E-state index contributed by atoms with van der Waals surface area (Å²) < 4.78 is 34.3. The Morgan fingerprint density at radius 1 is 1.25 bits per heavy atom. The van der Waals surface area contributed by atoms with Gasteiger partial charge in [-0.25, -0.2) is 0 Å². The van der Waals surface area contributed by atoms with E-state index in [1.54, 1.807) is 16.7 Å². The quantitative estimate of drug-likeness (QED) is 0.753. The first-order valence-corrected chi connectivity index (χ1v) is 9.68. The molecular formula is C15H25N5O3S. The maximum atomic E-state index is 13.0. The van der Waals surface area contributed by atoms with Gasteiger partial charge in [-0.3, -0.25) is 9.97 Å². The molecule has 3 heterocycles. The zero-order chi connectivity index (χ0) is 17.2. The van der Waals surface area contributed by atoms with Gasteiger partial charge >= 0.3 is 0 Å². The third-order valence-electron chi connectivity index (χ3n) is 4.32. The van der Waals surface area contributed by atoms with Crippen molar-refractivity contribution in [1.29, 1.82) is 0 Å². The van der Waals surface area contributed by atoms with Gasteiger partial charge in [-0.15, -0.1) is 0 Å². The van der Waals surface area contributed by atoms with Crippen LogP contribution in [0.3, 0.4) is 0 Å². The maximum Gasteiger partial charge on any atom is 0.282 e. The van der Waals surface area contributed by atoms with E-state index in [9.17, 15) is 8.42 Å². The average molecular weight is 355 g/mol. The summed E-state index contributed by atoms with van der Waals surface area (Å²) in [4.78, 5) is 10.9. The predicted octanol–water partition coefficient (Wildman–Crippen LogP) is 0.252. The molecule has 0 aromatic carbocycles. The lowest BCUT2D eigenvalue weighted by Crippen LogP contribution is -2.48. The number of hydrogen-bond acceptors (Lipinski definition) is 6. The van der Waals surface area contributed by atoms with Crippen LogP contribution in [0.1, 0.15) is 30.3 Å². The Morgan fingerprint density at radius 3 is 2.71 bits per heavy atom. The van der Waals surface area contributed by atoms with Crippen LogP contribution < -0.4 is 0 Å². The maximum absolute atomic E-state index is 13.0.